The molecule has 3 rings (SSSR count). The Bertz CT molecular complexity index is 607. The molecule has 13 atom stereocenters. The fourth-order valence-electron chi connectivity index (χ4n) is 5.66. The average Bonchev–Trinajstić information content (AvgIpc) is 2.79. The third-order valence-electron chi connectivity index (χ3n) is 9.01. The van der Waals surface area contributed by atoms with Crippen molar-refractivity contribution in [3.63, 3.8) is 0 Å². The summed E-state index contributed by atoms with van der Waals surface area (Å²) in [5.74, 6) is 2.98. The Hall–Kier alpha value is -0.620. The Morgan fingerprint density at radius 2 is 1.22 bits per heavy atom. The topological polar surface area (TPSA) is 46.2 Å². The van der Waals surface area contributed by atoms with Gasteiger partial charge in [0, 0.05) is 17.8 Å². The van der Waals surface area contributed by atoms with Crippen LogP contribution >= 0.6 is 0 Å². The predicted octanol–water partition coefficient (Wildman–Crippen LogP) is 6.02. The van der Waals surface area contributed by atoms with Crippen LogP contribution in [0.5, 0.6) is 0 Å². The second-order valence-electron chi connectivity index (χ2n) is 10.9. The van der Waals surface area contributed by atoms with Gasteiger partial charge in [-0.05, 0) is 42.6 Å². The first-order valence-corrected chi connectivity index (χ1v) is 13.1. The molecule has 0 N–H and O–H groups in total. The van der Waals surface area contributed by atoms with Crippen molar-refractivity contribution in [1.29, 1.82) is 0 Å². The quantitative estimate of drug-likeness (QED) is 0.472. The molecular weight excluding hydrogens is 404 g/mol. The Labute approximate surface area is 196 Å². The molecule has 0 spiro atoms. The first-order valence-electron chi connectivity index (χ1n) is 13.1. The normalized spacial score (nSPS) is 49.6. The van der Waals surface area contributed by atoms with Gasteiger partial charge in [-0.2, -0.15) is 0 Å². The van der Waals surface area contributed by atoms with Gasteiger partial charge in [-0.1, -0.05) is 62.3 Å². The minimum atomic E-state index is -0.251. The van der Waals surface area contributed by atoms with Crippen molar-refractivity contribution in [1.82, 2.24) is 0 Å². The maximum Gasteiger partial charge on any atom is 0.161 e. The van der Waals surface area contributed by atoms with E-state index in [-0.39, 0.29) is 37.0 Å². The fraction of sp³-hybridized carbons (Fsp3) is 0.926. The number of hydrogen-bond acceptors (Lipinski definition) is 5. The van der Waals surface area contributed by atoms with E-state index in [1.54, 1.807) is 0 Å². The lowest BCUT2D eigenvalue weighted by Gasteiger charge is -2.47. The highest BCUT2D eigenvalue weighted by Gasteiger charge is 2.44. The first kappa shape index (κ1) is 26.0. The van der Waals surface area contributed by atoms with Crippen molar-refractivity contribution >= 4 is 0 Å². The van der Waals surface area contributed by atoms with Crippen molar-refractivity contribution < 1.29 is 23.7 Å². The highest BCUT2D eigenvalue weighted by molar-refractivity contribution is 4.96. The number of ether oxygens (including phenoxy) is 5. The SMILES string of the molecule is CCC1O[C@@H](OCC2O[C@@H](O[C@@H]3C(C)C=COC3CC)C(C)C(C)[C@H]2C)C(C)C(C)[C@H]1C. The van der Waals surface area contributed by atoms with E-state index in [0.717, 1.165) is 12.8 Å². The van der Waals surface area contributed by atoms with E-state index in [4.69, 9.17) is 23.7 Å². The summed E-state index contributed by atoms with van der Waals surface area (Å²) >= 11 is 0. The molecule has 5 heteroatoms. The lowest BCUT2D eigenvalue weighted by molar-refractivity contribution is -0.304. The summed E-state index contributed by atoms with van der Waals surface area (Å²) in [7, 11) is 0. The second-order valence-corrected chi connectivity index (χ2v) is 10.9. The number of hydrogen-bond donors (Lipinski definition) is 0. The van der Waals surface area contributed by atoms with E-state index in [2.05, 4.69) is 68.4 Å². The Morgan fingerprint density at radius 3 is 1.84 bits per heavy atom. The lowest BCUT2D eigenvalue weighted by atomic mass is 9.78. The first-order chi connectivity index (χ1) is 15.2. The zero-order valence-electron chi connectivity index (χ0n) is 21.8. The minimum Gasteiger partial charge on any atom is -0.496 e. The summed E-state index contributed by atoms with van der Waals surface area (Å²) in [6.07, 6.45) is 5.77. The second kappa shape index (κ2) is 11.2. The molecule has 186 valence electrons. The molecule has 2 fully saturated rings. The molecule has 32 heavy (non-hydrogen) atoms. The summed E-state index contributed by atoms with van der Waals surface area (Å²) in [6, 6.07) is 0. The van der Waals surface area contributed by atoms with Gasteiger partial charge in [0.15, 0.2) is 12.6 Å². The van der Waals surface area contributed by atoms with Crippen LogP contribution in [0.2, 0.25) is 0 Å². The van der Waals surface area contributed by atoms with Crippen LogP contribution < -0.4 is 0 Å². The van der Waals surface area contributed by atoms with Crippen LogP contribution in [0.4, 0.5) is 0 Å². The van der Waals surface area contributed by atoms with Crippen LogP contribution in [0.25, 0.3) is 0 Å². The van der Waals surface area contributed by atoms with Crippen LogP contribution in [0.15, 0.2) is 12.3 Å². The molecule has 2 saturated heterocycles. The van der Waals surface area contributed by atoms with Crippen LogP contribution in [0.3, 0.4) is 0 Å². The average molecular weight is 453 g/mol. The standard InChI is InChI=1S/C27H48O5/c1-10-22-18(6)16(4)20(8)26(30-22)29-14-24-19(7)17(5)21(9)27(31-24)32-25-15(3)12-13-28-23(25)11-2/h12-13,15-27H,10-11,14H2,1-9H3/t15?,16?,17?,18-,19-,20?,21?,22?,23?,24?,25-,26-,27+/m1/s1. The molecule has 0 aromatic rings. The van der Waals surface area contributed by atoms with Gasteiger partial charge in [-0.25, -0.2) is 0 Å². The molecular formula is C27H48O5. The summed E-state index contributed by atoms with van der Waals surface area (Å²) in [5, 5.41) is 0. The monoisotopic (exact) mass is 452 g/mol. The molecule has 0 aromatic carbocycles. The fourth-order valence-corrected chi connectivity index (χ4v) is 5.66. The summed E-state index contributed by atoms with van der Waals surface area (Å²) < 4.78 is 31.8. The largest absolute Gasteiger partial charge is 0.496 e. The van der Waals surface area contributed by atoms with Crippen molar-refractivity contribution in [3.05, 3.63) is 12.3 Å². The van der Waals surface area contributed by atoms with E-state index < -0.39 is 0 Å². The predicted molar refractivity (Wildman–Crippen MR) is 127 cm³/mol. The van der Waals surface area contributed by atoms with E-state index >= 15 is 0 Å². The summed E-state index contributed by atoms with van der Waals surface area (Å²) in [4.78, 5) is 0. The molecule has 0 radical (unpaired) electrons. The summed E-state index contributed by atoms with van der Waals surface area (Å²) in [6.45, 7) is 20.8. The van der Waals surface area contributed by atoms with Crippen molar-refractivity contribution in [2.75, 3.05) is 6.61 Å². The van der Waals surface area contributed by atoms with Crippen molar-refractivity contribution in [2.24, 2.45) is 41.4 Å². The van der Waals surface area contributed by atoms with E-state index in [0.29, 0.717) is 48.0 Å². The van der Waals surface area contributed by atoms with Crippen LogP contribution in [0, 0.1) is 41.4 Å². The van der Waals surface area contributed by atoms with Gasteiger partial charge in [0.05, 0.1) is 25.1 Å². The molecule has 3 heterocycles. The van der Waals surface area contributed by atoms with Gasteiger partial charge in [0.1, 0.15) is 12.2 Å². The maximum atomic E-state index is 6.60. The third kappa shape index (κ3) is 5.37. The van der Waals surface area contributed by atoms with Gasteiger partial charge in [-0.3, -0.25) is 0 Å². The van der Waals surface area contributed by atoms with Crippen LogP contribution in [0.1, 0.15) is 75.2 Å². The molecule has 8 unspecified atom stereocenters. The smallest absolute Gasteiger partial charge is 0.161 e. The van der Waals surface area contributed by atoms with Crippen molar-refractivity contribution in [2.45, 2.75) is 112 Å². The zero-order chi connectivity index (χ0) is 23.6. The molecule has 3 aliphatic heterocycles. The summed E-state index contributed by atoms with van der Waals surface area (Å²) in [5.41, 5.74) is 0. The van der Waals surface area contributed by atoms with E-state index in [1.165, 1.54) is 0 Å². The lowest BCUT2D eigenvalue weighted by Crippen LogP contribution is -2.52. The highest BCUT2D eigenvalue weighted by Crippen LogP contribution is 2.40. The Balaban J connectivity index is 1.64. The highest BCUT2D eigenvalue weighted by atomic mass is 16.7. The van der Waals surface area contributed by atoms with Crippen molar-refractivity contribution in [3.8, 4) is 0 Å². The molecule has 0 aromatic heterocycles. The molecule has 0 amide bonds. The van der Waals surface area contributed by atoms with Gasteiger partial charge in [0.25, 0.3) is 0 Å². The van der Waals surface area contributed by atoms with E-state index in [9.17, 15) is 0 Å². The molecule has 0 aliphatic carbocycles. The van der Waals surface area contributed by atoms with E-state index in [1.807, 2.05) is 6.26 Å². The Kier molecular flexibility index (Phi) is 9.10. The molecule has 0 bridgehead atoms. The molecule has 0 saturated carbocycles. The van der Waals surface area contributed by atoms with Gasteiger partial charge in [0.2, 0.25) is 0 Å². The zero-order valence-corrected chi connectivity index (χ0v) is 21.8. The van der Waals surface area contributed by atoms with Gasteiger partial charge >= 0.3 is 0 Å². The Morgan fingerprint density at radius 1 is 0.656 bits per heavy atom. The third-order valence-corrected chi connectivity index (χ3v) is 9.01. The van der Waals surface area contributed by atoms with Gasteiger partial charge < -0.3 is 23.7 Å². The van der Waals surface area contributed by atoms with Crippen LogP contribution in [-0.2, 0) is 23.7 Å². The maximum absolute atomic E-state index is 6.60. The molecule has 3 aliphatic rings. The minimum absolute atomic E-state index is 0.00725. The molecule has 5 nitrogen and oxygen atoms in total. The van der Waals surface area contributed by atoms with Crippen LogP contribution in [-0.4, -0.2) is 43.6 Å². The van der Waals surface area contributed by atoms with Gasteiger partial charge in [-0.15, -0.1) is 0 Å². The number of rotatable bonds is 7.